The lowest BCUT2D eigenvalue weighted by atomic mass is 10.3. The lowest BCUT2D eigenvalue weighted by Gasteiger charge is -2.14. The molecular weight excluding hydrogens is 294 g/mol. The molecule has 3 N–H and O–H groups in total. The zero-order chi connectivity index (χ0) is 13.0. The second-order valence-electron chi connectivity index (χ2n) is 4.50. The highest BCUT2D eigenvalue weighted by Crippen LogP contribution is 2.24. The normalized spacial score (nSPS) is 17.3. The highest BCUT2D eigenvalue weighted by molar-refractivity contribution is 9.10. The average molecular weight is 312 g/mol. The van der Waals surface area contributed by atoms with Gasteiger partial charge in [0.05, 0.1) is 11.0 Å². The van der Waals surface area contributed by atoms with E-state index in [9.17, 15) is 0 Å². The van der Waals surface area contributed by atoms with Crippen molar-refractivity contribution in [3.05, 3.63) is 28.7 Å². The van der Waals surface area contributed by atoms with Gasteiger partial charge in [0.25, 0.3) is 0 Å². The standard InChI is InChI=1S/C13H18BrN3O/c1-9(8-16-13(15)17-10-6-7-10)18-12-5-3-2-4-11(12)14/h2-5,9-10H,6-8H2,1H3,(H3,15,16,17). The van der Waals surface area contributed by atoms with E-state index >= 15 is 0 Å². The van der Waals surface area contributed by atoms with Crippen LogP contribution in [0.3, 0.4) is 0 Å². The molecule has 1 aromatic rings. The van der Waals surface area contributed by atoms with E-state index in [1.807, 2.05) is 31.2 Å². The maximum atomic E-state index is 5.78. The van der Waals surface area contributed by atoms with Crippen LogP contribution in [0.5, 0.6) is 5.75 Å². The first-order valence-electron chi connectivity index (χ1n) is 6.13. The molecule has 1 saturated carbocycles. The molecule has 0 spiro atoms. The van der Waals surface area contributed by atoms with Crippen LogP contribution in [-0.2, 0) is 0 Å². The number of guanidine groups is 1. The zero-order valence-corrected chi connectivity index (χ0v) is 12.0. The van der Waals surface area contributed by atoms with Gasteiger partial charge in [0, 0.05) is 6.04 Å². The fraction of sp³-hybridized carbons (Fsp3) is 0.462. The van der Waals surface area contributed by atoms with Crippen molar-refractivity contribution in [2.75, 3.05) is 6.54 Å². The van der Waals surface area contributed by atoms with Crippen LogP contribution in [-0.4, -0.2) is 24.7 Å². The molecule has 0 aromatic heterocycles. The second kappa shape index (κ2) is 6.09. The number of nitrogens with zero attached hydrogens (tertiary/aromatic N) is 1. The first kappa shape index (κ1) is 13.2. The molecule has 0 saturated heterocycles. The minimum atomic E-state index is -0.0109. The van der Waals surface area contributed by atoms with E-state index in [1.165, 1.54) is 12.8 Å². The van der Waals surface area contributed by atoms with Gasteiger partial charge in [-0.25, -0.2) is 4.99 Å². The average Bonchev–Trinajstić information content (AvgIpc) is 3.13. The van der Waals surface area contributed by atoms with Crippen LogP contribution in [0.1, 0.15) is 19.8 Å². The third-order valence-electron chi connectivity index (χ3n) is 2.61. The number of ether oxygens (including phenoxy) is 1. The van der Waals surface area contributed by atoms with E-state index in [1.54, 1.807) is 0 Å². The SMILES string of the molecule is CC(CN=C(N)NC1CC1)Oc1ccccc1Br. The number of hydrogen-bond donors (Lipinski definition) is 2. The fourth-order valence-electron chi connectivity index (χ4n) is 1.50. The highest BCUT2D eigenvalue weighted by atomic mass is 79.9. The number of benzene rings is 1. The van der Waals surface area contributed by atoms with Gasteiger partial charge in [0.2, 0.25) is 0 Å². The number of nitrogens with two attached hydrogens (primary N) is 1. The quantitative estimate of drug-likeness (QED) is 0.648. The van der Waals surface area contributed by atoms with Crippen molar-refractivity contribution in [1.29, 1.82) is 0 Å². The number of halogens is 1. The molecule has 0 radical (unpaired) electrons. The van der Waals surface area contributed by atoms with Crippen LogP contribution in [0.2, 0.25) is 0 Å². The molecule has 1 unspecified atom stereocenters. The van der Waals surface area contributed by atoms with Crippen LogP contribution in [0.15, 0.2) is 33.7 Å². The monoisotopic (exact) mass is 311 g/mol. The Bertz CT molecular complexity index is 432. The van der Waals surface area contributed by atoms with Gasteiger partial charge < -0.3 is 15.8 Å². The van der Waals surface area contributed by atoms with E-state index in [4.69, 9.17) is 10.5 Å². The van der Waals surface area contributed by atoms with Crippen molar-refractivity contribution in [3.63, 3.8) is 0 Å². The van der Waals surface area contributed by atoms with Crippen LogP contribution >= 0.6 is 15.9 Å². The van der Waals surface area contributed by atoms with Gasteiger partial charge in [0.1, 0.15) is 11.9 Å². The van der Waals surface area contributed by atoms with E-state index < -0.39 is 0 Å². The summed E-state index contributed by atoms with van der Waals surface area (Å²) in [6, 6.07) is 8.31. The van der Waals surface area contributed by atoms with E-state index in [0.29, 0.717) is 18.5 Å². The Hall–Kier alpha value is -1.23. The predicted octanol–water partition coefficient (Wildman–Crippen LogP) is 2.28. The van der Waals surface area contributed by atoms with E-state index in [2.05, 4.69) is 26.2 Å². The Morgan fingerprint density at radius 2 is 2.28 bits per heavy atom. The molecule has 1 aliphatic rings. The zero-order valence-electron chi connectivity index (χ0n) is 10.4. The van der Waals surface area contributed by atoms with Crippen LogP contribution in [0.4, 0.5) is 0 Å². The summed E-state index contributed by atoms with van der Waals surface area (Å²) in [6.45, 7) is 2.53. The van der Waals surface area contributed by atoms with Gasteiger partial charge in [-0.1, -0.05) is 12.1 Å². The lowest BCUT2D eigenvalue weighted by Crippen LogP contribution is -2.34. The van der Waals surface area contributed by atoms with E-state index in [-0.39, 0.29) is 6.10 Å². The molecule has 1 atom stereocenters. The fourth-order valence-corrected chi connectivity index (χ4v) is 1.88. The Morgan fingerprint density at radius 1 is 1.56 bits per heavy atom. The Morgan fingerprint density at radius 3 is 2.94 bits per heavy atom. The van der Waals surface area contributed by atoms with Gasteiger partial charge in [0.15, 0.2) is 5.96 Å². The summed E-state index contributed by atoms with van der Waals surface area (Å²) in [4.78, 5) is 4.27. The number of rotatable bonds is 5. The van der Waals surface area contributed by atoms with Crippen LogP contribution < -0.4 is 15.8 Å². The first-order valence-corrected chi connectivity index (χ1v) is 6.92. The largest absolute Gasteiger partial charge is 0.488 e. The molecule has 0 heterocycles. The smallest absolute Gasteiger partial charge is 0.188 e. The summed E-state index contributed by atoms with van der Waals surface area (Å²) < 4.78 is 6.73. The summed E-state index contributed by atoms with van der Waals surface area (Å²) in [5.41, 5.74) is 5.76. The highest BCUT2D eigenvalue weighted by Gasteiger charge is 2.21. The minimum absolute atomic E-state index is 0.0109. The van der Waals surface area contributed by atoms with Gasteiger partial charge in [-0.3, -0.25) is 0 Å². The van der Waals surface area contributed by atoms with Crippen molar-refractivity contribution in [2.24, 2.45) is 10.7 Å². The first-order chi connectivity index (χ1) is 8.65. The molecule has 4 nitrogen and oxygen atoms in total. The third kappa shape index (κ3) is 4.22. The molecular formula is C13H18BrN3O. The molecule has 5 heteroatoms. The number of hydrogen-bond acceptors (Lipinski definition) is 2. The topological polar surface area (TPSA) is 59.6 Å². The maximum Gasteiger partial charge on any atom is 0.188 e. The van der Waals surface area contributed by atoms with Crippen molar-refractivity contribution < 1.29 is 4.74 Å². The number of aliphatic imine (C=N–C) groups is 1. The van der Waals surface area contributed by atoms with Crippen LogP contribution in [0.25, 0.3) is 0 Å². The van der Waals surface area contributed by atoms with Crippen molar-refractivity contribution in [1.82, 2.24) is 5.32 Å². The Balaban J connectivity index is 1.81. The van der Waals surface area contributed by atoms with Crippen molar-refractivity contribution >= 4 is 21.9 Å². The Kier molecular flexibility index (Phi) is 4.47. The summed E-state index contributed by atoms with van der Waals surface area (Å²) in [5, 5.41) is 3.15. The maximum absolute atomic E-state index is 5.78. The molecule has 98 valence electrons. The number of para-hydroxylation sites is 1. The van der Waals surface area contributed by atoms with Gasteiger partial charge in [-0.15, -0.1) is 0 Å². The molecule has 1 aromatic carbocycles. The molecule has 0 amide bonds. The number of nitrogens with one attached hydrogen (secondary N) is 1. The van der Waals surface area contributed by atoms with Gasteiger partial charge >= 0.3 is 0 Å². The molecule has 2 rings (SSSR count). The lowest BCUT2D eigenvalue weighted by molar-refractivity contribution is 0.229. The molecule has 0 bridgehead atoms. The van der Waals surface area contributed by atoms with E-state index in [0.717, 1.165) is 10.2 Å². The van der Waals surface area contributed by atoms with Crippen molar-refractivity contribution in [2.45, 2.75) is 31.9 Å². The minimum Gasteiger partial charge on any atom is -0.488 e. The predicted molar refractivity (Wildman–Crippen MR) is 76.9 cm³/mol. The molecule has 18 heavy (non-hydrogen) atoms. The second-order valence-corrected chi connectivity index (χ2v) is 5.36. The summed E-state index contributed by atoms with van der Waals surface area (Å²) >= 11 is 3.45. The molecule has 1 fully saturated rings. The summed E-state index contributed by atoms with van der Waals surface area (Å²) in [5.74, 6) is 1.34. The molecule has 1 aliphatic carbocycles. The third-order valence-corrected chi connectivity index (χ3v) is 3.27. The van der Waals surface area contributed by atoms with Crippen LogP contribution in [0, 0.1) is 0 Å². The Labute approximate surface area is 116 Å². The van der Waals surface area contributed by atoms with Crippen molar-refractivity contribution in [3.8, 4) is 5.75 Å². The summed E-state index contributed by atoms with van der Waals surface area (Å²) in [6.07, 6.45) is 2.38. The summed E-state index contributed by atoms with van der Waals surface area (Å²) in [7, 11) is 0. The molecule has 0 aliphatic heterocycles. The van der Waals surface area contributed by atoms with Gasteiger partial charge in [-0.05, 0) is 47.8 Å². The van der Waals surface area contributed by atoms with Gasteiger partial charge in [-0.2, -0.15) is 0 Å².